The van der Waals surface area contributed by atoms with E-state index in [1.165, 1.54) is 71.6 Å². The van der Waals surface area contributed by atoms with Crippen LogP contribution < -0.4 is 5.46 Å². The highest BCUT2D eigenvalue weighted by atomic mass is 35.5. The van der Waals surface area contributed by atoms with Gasteiger partial charge >= 0.3 is 7.12 Å². The average Bonchev–Trinajstić information content (AvgIpc) is 1.55. The van der Waals surface area contributed by atoms with Crippen LogP contribution in [-0.2, 0) is 10.8 Å². The Morgan fingerprint density at radius 2 is 0.664 bits per heavy atom. The molecule has 14 aromatic carbocycles. The number of para-hydroxylation sites is 4. The van der Waals surface area contributed by atoms with Crippen molar-refractivity contribution in [2.75, 3.05) is 0 Å². The van der Waals surface area contributed by atoms with Crippen molar-refractivity contribution in [3.05, 3.63) is 343 Å². The molecule has 0 saturated carbocycles. The second kappa shape index (κ2) is 25.9. The molecule has 6 aromatic heterocycles. The predicted molar refractivity (Wildman–Crippen MR) is 446 cm³/mol. The summed E-state index contributed by atoms with van der Waals surface area (Å²) in [6, 6.07) is 108. The Morgan fingerprint density at radius 3 is 1.18 bits per heavy atom. The molecule has 12 nitrogen and oxygen atoms in total. The van der Waals surface area contributed by atoms with E-state index in [1.54, 1.807) is 6.07 Å². The van der Waals surface area contributed by atoms with Gasteiger partial charge in [0.2, 0.25) is 5.28 Å². The van der Waals surface area contributed by atoms with Gasteiger partial charge in [0.15, 0.2) is 29.1 Å². The molecule has 6 heterocycles. The van der Waals surface area contributed by atoms with Gasteiger partial charge < -0.3 is 28.0 Å². The minimum Gasteiger partial charge on any atom is -0.456 e. The summed E-state index contributed by atoms with van der Waals surface area (Å²) in [5.74, 6) is 2.91. The van der Waals surface area contributed by atoms with E-state index in [4.69, 9.17) is 35.4 Å². The van der Waals surface area contributed by atoms with Crippen LogP contribution in [0.1, 0.15) is 49.9 Å². The van der Waals surface area contributed by atoms with E-state index in [0.717, 1.165) is 99.6 Å². The van der Waals surface area contributed by atoms with Crippen molar-refractivity contribution >= 4 is 112 Å². The highest BCUT2D eigenvalue weighted by Crippen LogP contribution is 2.53. The number of hydrogen-bond donors (Lipinski definition) is 2. The zero-order valence-electron chi connectivity index (χ0n) is 60.3. The fraction of sp³-hybridized carbons (Fsp3) is 0.0625. The summed E-state index contributed by atoms with van der Waals surface area (Å²) in [5, 5.41) is 28.5. The molecule has 22 rings (SSSR count). The topological polar surface area (TPSA) is 154 Å². The SMILES string of the molecule is CC1(C)c2ccccc2-c2cc3c4ccccc4n(-c4cccc(-c5nc(-c6ccccc6)nc(-c6cccc7oc8ccccc8c67)n5)c4)c3cc21.CC1(C)c2ccccc2-c2cc3c4ccccc4n(-c4cccc(B(O)O)c4)c3cc21.Clc1nc(-c2ccccc2)nc(-c2cccc3oc4ccccc4c23)n1. The first-order valence-electron chi connectivity index (χ1n) is 36.8. The third kappa shape index (κ3) is 10.8. The van der Waals surface area contributed by atoms with Gasteiger partial charge in [-0.3, -0.25) is 0 Å². The lowest BCUT2D eigenvalue weighted by Crippen LogP contribution is -2.29. The maximum absolute atomic E-state index is 9.71. The summed E-state index contributed by atoms with van der Waals surface area (Å²) in [5.41, 5.74) is 25.3. The summed E-state index contributed by atoms with van der Waals surface area (Å²) >= 11 is 6.21. The number of fused-ring (bicyclic) bond motifs is 18. The normalized spacial score (nSPS) is 13.0. The minimum absolute atomic E-state index is 0.0788. The number of aromatic nitrogens is 8. The van der Waals surface area contributed by atoms with E-state index in [1.807, 2.05) is 152 Å². The first kappa shape index (κ1) is 66.0. The van der Waals surface area contributed by atoms with Crippen LogP contribution in [0.2, 0.25) is 5.28 Å². The van der Waals surface area contributed by atoms with E-state index in [2.05, 4.69) is 210 Å². The first-order chi connectivity index (χ1) is 53.8. The third-order valence-corrected chi connectivity index (χ3v) is 22.3. The van der Waals surface area contributed by atoms with E-state index >= 15 is 0 Å². The molecule has 2 aliphatic rings. The summed E-state index contributed by atoms with van der Waals surface area (Å²) in [6.07, 6.45) is 0. The second-order valence-corrected chi connectivity index (χ2v) is 29.6. The molecule has 0 radical (unpaired) electrons. The molecule has 0 atom stereocenters. The van der Waals surface area contributed by atoms with E-state index < -0.39 is 7.12 Å². The lowest BCUT2D eigenvalue weighted by atomic mass is 9.80. The van der Waals surface area contributed by atoms with Crippen molar-refractivity contribution in [3.63, 3.8) is 0 Å². The van der Waals surface area contributed by atoms with Crippen molar-refractivity contribution in [1.82, 2.24) is 39.0 Å². The fourth-order valence-corrected chi connectivity index (χ4v) is 17.1. The molecular formula is C96H66BClN8O4. The van der Waals surface area contributed by atoms with Crippen molar-refractivity contribution in [3.8, 4) is 90.6 Å². The van der Waals surface area contributed by atoms with E-state index in [9.17, 15) is 10.0 Å². The zero-order valence-corrected chi connectivity index (χ0v) is 61.0. The Balaban J connectivity index is 0.000000118. The Bertz CT molecular complexity index is 7120. The summed E-state index contributed by atoms with van der Waals surface area (Å²) in [7, 11) is -1.49. The predicted octanol–water partition coefficient (Wildman–Crippen LogP) is 22.7. The maximum atomic E-state index is 9.71. The van der Waals surface area contributed by atoms with Gasteiger partial charge in [-0.05, 0) is 147 Å². The van der Waals surface area contributed by atoms with Gasteiger partial charge in [-0.15, -0.1) is 0 Å². The molecule has 110 heavy (non-hydrogen) atoms. The van der Waals surface area contributed by atoms with Gasteiger partial charge in [0, 0.05) is 93.1 Å². The van der Waals surface area contributed by atoms with Gasteiger partial charge in [0.25, 0.3) is 0 Å². The highest BCUT2D eigenvalue weighted by Gasteiger charge is 2.38. The second-order valence-electron chi connectivity index (χ2n) is 29.2. The lowest BCUT2D eigenvalue weighted by molar-refractivity contribution is 0.425. The van der Waals surface area contributed by atoms with Crippen LogP contribution in [0.5, 0.6) is 0 Å². The Kier molecular flexibility index (Phi) is 15.6. The monoisotopic (exact) mass is 1440 g/mol. The molecule has 0 spiro atoms. The Morgan fingerprint density at radius 1 is 0.291 bits per heavy atom. The van der Waals surface area contributed by atoms with Crippen molar-refractivity contribution in [1.29, 1.82) is 0 Å². The zero-order chi connectivity index (χ0) is 74.1. The number of benzene rings is 14. The lowest BCUT2D eigenvalue weighted by Gasteiger charge is -2.21. The number of furan rings is 2. The number of hydrogen-bond acceptors (Lipinski definition) is 10. The smallest absolute Gasteiger partial charge is 0.456 e. The fourth-order valence-electron chi connectivity index (χ4n) is 16.9. The van der Waals surface area contributed by atoms with Gasteiger partial charge in [0.05, 0.1) is 22.1 Å². The van der Waals surface area contributed by atoms with Crippen LogP contribution in [0, 0.1) is 0 Å². The molecule has 2 aliphatic carbocycles. The summed E-state index contributed by atoms with van der Waals surface area (Å²) in [6.45, 7) is 9.26. The van der Waals surface area contributed by atoms with Gasteiger partial charge in [-0.1, -0.05) is 258 Å². The first-order valence-corrected chi connectivity index (χ1v) is 37.2. The average molecular weight is 1440 g/mol. The molecule has 0 bridgehead atoms. The van der Waals surface area contributed by atoms with Crippen molar-refractivity contribution in [2.45, 2.75) is 38.5 Å². The molecule has 0 aliphatic heterocycles. The summed E-state index contributed by atoms with van der Waals surface area (Å²) in [4.78, 5) is 28.7. The Labute approximate surface area is 637 Å². The summed E-state index contributed by atoms with van der Waals surface area (Å²) < 4.78 is 16.8. The molecular weight excluding hydrogens is 1380 g/mol. The molecule has 0 saturated heterocycles. The van der Waals surface area contributed by atoms with Gasteiger partial charge in [-0.25, -0.2) is 19.9 Å². The van der Waals surface area contributed by atoms with Crippen LogP contribution in [0.3, 0.4) is 0 Å². The van der Waals surface area contributed by atoms with Crippen LogP contribution >= 0.6 is 11.6 Å². The van der Waals surface area contributed by atoms with E-state index in [0.29, 0.717) is 34.6 Å². The number of halogens is 1. The number of nitrogens with zero attached hydrogens (tertiary/aromatic N) is 8. The highest BCUT2D eigenvalue weighted by molar-refractivity contribution is 6.58. The van der Waals surface area contributed by atoms with Crippen LogP contribution in [-0.4, -0.2) is 56.2 Å². The van der Waals surface area contributed by atoms with Crippen molar-refractivity contribution in [2.24, 2.45) is 0 Å². The van der Waals surface area contributed by atoms with Crippen LogP contribution in [0.25, 0.3) is 178 Å². The standard InChI is InChI=1S/C48H32N4O.C27H22BNO2.C21H12ClN3O/c1-48(2)38-22-9-6-18-32(38)36-27-37-33-19-7-10-23-40(33)52(41(37)28-39(36)48)31-17-12-16-30(26-31)46-49-45(29-14-4-3-5-15-29)50-47(51-46)35-21-13-25-43-44(35)34-20-8-11-24-42(34)53-43;1-27(2)23-12-5-3-10-19(23)21-15-22-20-11-4-6-13-25(20)29(26(22)16-24(21)27)18-9-7-8-17(14-18)28(30)31;22-21-24-19(13-7-2-1-3-8-13)23-20(25-21)15-10-6-12-17-18(15)14-9-4-5-11-16(14)26-17/h3-28H,1-2H3;3-16,30-31H,1-2H3;1-12H. The van der Waals surface area contributed by atoms with Crippen LogP contribution in [0.15, 0.2) is 324 Å². The molecule has 20 aromatic rings. The molecule has 0 unspecified atom stereocenters. The third-order valence-electron chi connectivity index (χ3n) is 22.1. The quantitative estimate of drug-likeness (QED) is 0.141. The number of rotatable bonds is 8. The molecule has 14 heteroatoms. The maximum Gasteiger partial charge on any atom is 0.488 e. The molecule has 0 fully saturated rings. The van der Waals surface area contributed by atoms with E-state index in [-0.39, 0.29) is 16.1 Å². The minimum atomic E-state index is -1.49. The van der Waals surface area contributed by atoms with Gasteiger partial charge in [-0.2, -0.15) is 9.97 Å². The molecule has 2 N–H and O–H groups in total. The van der Waals surface area contributed by atoms with Crippen molar-refractivity contribution < 1.29 is 18.9 Å². The Hall–Kier alpha value is -13.4. The largest absolute Gasteiger partial charge is 0.488 e. The molecule has 0 amide bonds. The molecule has 524 valence electrons. The van der Waals surface area contributed by atoms with Gasteiger partial charge in [0.1, 0.15) is 22.3 Å². The van der Waals surface area contributed by atoms with Crippen LogP contribution in [0.4, 0.5) is 0 Å².